The van der Waals surface area contributed by atoms with Gasteiger partial charge in [0.1, 0.15) is 30.2 Å². The van der Waals surface area contributed by atoms with Gasteiger partial charge in [-0.2, -0.15) is 0 Å². The highest BCUT2D eigenvalue weighted by Gasteiger charge is 2.36. The number of benzene rings is 1. The summed E-state index contributed by atoms with van der Waals surface area (Å²) in [5, 5.41) is 35.2. The van der Waals surface area contributed by atoms with E-state index in [1.807, 2.05) is 0 Å². The Bertz CT molecular complexity index is 2010. The number of aromatic amines is 1. The molecule has 2 aromatic rings. The number of nitrogens with two attached hydrogens (primary N) is 4. The van der Waals surface area contributed by atoms with Crippen LogP contribution in [0.4, 0.5) is 0 Å². The van der Waals surface area contributed by atoms with Crippen molar-refractivity contribution in [2.75, 3.05) is 19.6 Å². The number of carboxylic acid groups (broad SMARTS) is 1. The highest BCUT2D eigenvalue weighted by Crippen LogP contribution is 2.19. The second-order valence-electron chi connectivity index (χ2n) is 17.6. The van der Waals surface area contributed by atoms with Crippen LogP contribution < -0.4 is 60.2 Å². The molecule has 382 valence electrons. The van der Waals surface area contributed by atoms with Gasteiger partial charge in [0.2, 0.25) is 41.4 Å². The molecule has 1 heterocycles. The average Bonchev–Trinajstić information content (AvgIpc) is 3.80. The molecule has 0 saturated heterocycles. The van der Waals surface area contributed by atoms with Crippen LogP contribution in [0.2, 0.25) is 0 Å². The lowest BCUT2D eigenvalue weighted by Gasteiger charge is -2.28. The molecule has 18 N–H and O–H groups in total. The fourth-order valence-corrected chi connectivity index (χ4v) is 6.99. The number of aromatic nitrogens is 2. The van der Waals surface area contributed by atoms with Crippen LogP contribution in [-0.2, 0) is 56.0 Å². The first kappa shape index (κ1) is 58.2. The molecule has 2 rings (SSSR count). The first-order valence-electron chi connectivity index (χ1n) is 23.0. The molecule has 0 unspecified atom stereocenters. The number of guanidine groups is 1. The first-order chi connectivity index (χ1) is 32.6. The van der Waals surface area contributed by atoms with Gasteiger partial charge in [-0.05, 0) is 63.6 Å². The van der Waals surface area contributed by atoms with E-state index < -0.39 is 108 Å². The number of aliphatic carboxylic acids is 1. The van der Waals surface area contributed by atoms with Gasteiger partial charge in [-0.25, -0.2) is 4.98 Å². The second-order valence-corrected chi connectivity index (χ2v) is 17.6. The van der Waals surface area contributed by atoms with Gasteiger partial charge in [-0.3, -0.25) is 48.6 Å². The summed E-state index contributed by atoms with van der Waals surface area (Å²) in [6.07, 6.45) is 4.16. The van der Waals surface area contributed by atoms with Crippen molar-refractivity contribution in [2.45, 2.75) is 140 Å². The number of imidazole rings is 1. The fourth-order valence-electron chi connectivity index (χ4n) is 6.99. The van der Waals surface area contributed by atoms with Gasteiger partial charge in [-0.15, -0.1) is 0 Å². The Morgan fingerprint density at radius 2 is 1.17 bits per heavy atom. The van der Waals surface area contributed by atoms with E-state index in [0.29, 0.717) is 43.5 Å². The van der Waals surface area contributed by atoms with E-state index in [-0.39, 0.29) is 57.6 Å². The molecule has 0 fully saturated rings. The van der Waals surface area contributed by atoms with E-state index in [1.165, 1.54) is 6.33 Å². The van der Waals surface area contributed by atoms with Crippen molar-refractivity contribution in [3.8, 4) is 0 Å². The number of rotatable bonds is 33. The molecule has 0 spiro atoms. The molecular formula is C45H72N14O10. The molecule has 1 aromatic carbocycles. The lowest BCUT2D eigenvalue weighted by Crippen LogP contribution is -2.60. The molecule has 0 saturated carbocycles. The minimum Gasteiger partial charge on any atom is -0.481 e. The van der Waals surface area contributed by atoms with Gasteiger partial charge < -0.3 is 70.2 Å². The van der Waals surface area contributed by atoms with Crippen molar-refractivity contribution in [1.82, 2.24) is 47.2 Å². The maximum absolute atomic E-state index is 14.3. The summed E-state index contributed by atoms with van der Waals surface area (Å²) in [5.74, 6) is -8.18. The SMILES string of the molecule is CC(C)(C)C(=O)[C@H](CC(=O)O)NC(=O)[C@H](CCCCN)NC(=O)[C@H](CC(N)=O)NC(=O)[C@H](Cc1ccccc1)NC(=O)[C@H](CCCNC(=N)N)NC(=O)[C@H](Cc1c[nH]cn1)NC(=O)CCCCCN. The number of hydrogen-bond acceptors (Lipinski definition) is 13. The smallest absolute Gasteiger partial charge is 0.305 e. The molecule has 0 bridgehead atoms. The van der Waals surface area contributed by atoms with E-state index in [0.717, 1.165) is 6.42 Å². The molecule has 6 atom stereocenters. The number of unbranched alkanes of at least 4 members (excludes halogenated alkanes) is 3. The lowest BCUT2D eigenvalue weighted by atomic mass is 9.85. The zero-order valence-electron chi connectivity index (χ0n) is 39.7. The van der Waals surface area contributed by atoms with Crippen molar-refractivity contribution in [2.24, 2.45) is 28.3 Å². The van der Waals surface area contributed by atoms with Gasteiger partial charge in [-0.1, -0.05) is 57.5 Å². The quantitative estimate of drug-likeness (QED) is 0.0209. The third-order valence-corrected chi connectivity index (χ3v) is 10.6. The topological polar surface area (TPSA) is 415 Å². The van der Waals surface area contributed by atoms with Gasteiger partial charge in [0.25, 0.3) is 0 Å². The Morgan fingerprint density at radius 1 is 0.652 bits per heavy atom. The molecule has 0 radical (unpaired) electrons. The number of carbonyl (C=O) groups excluding carboxylic acids is 8. The monoisotopic (exact) mass is 969 g/mol. The second kappa shape index (κ2) is 30.4. The molecule has 24 heteroatoms. The molecule has 0 aliphatic rings. The standard InChI is InChI=1S/C45H72N14O10/c1-45(2,3)38(64)31(24-37(62)63)57-39(65)29(15-9-11-19-47)55-43(69)34(23-35(48)60)59-41(67)32(21-27-13-6-4-7-14-27)58-40(66)30(16-12-20-52-44(49)50)56-42(68)33(22-28-25-51-26-53-28)54-36(61)17-8-5-10-18-46/h4,6-7,13-14,25-26,29-34H,5,8-12,15-24,46-47H2,1-3H3,(H2,48,60)(H,51,53)(H,54,61)(H,55,69)(H,56,68)(H,57,65)(H,58,66)(H,59,67)(H,62,63)(H4,49,50,52)/t29-,30-,31-,32-,33-,34-/m0/s1. The molecule has 0 aliphatic carbocycles. The molecular weight excluding hydrogens is 897 g/mol. The number of primary amides is 1. The summed E-state index contributed by atoms with van der Waals surface area (Å²) in [4.78, 5) is 127. The minimum absolute atomic E-state index is 0.0295. The molecule has 24 nitrogen and oxygen atoms in total. The average molecular weight is 969 g/mol. The Kier molecular flexibility index (Phi) is 25.7. The summed E-state index contributed by atoms with van der Waals surface area (Å²) in [6, 6.07) is -0.0680. The zero-order valence-corrected chi connectivity index (χ0v) is 39.7. The van der Waals surface area contributed by atoms with Crippen LogP contribution in [0.1, 0.15) is 103 Å². The van der Waals surface area contributed by atoms with Crippen molar-refractivity contribution >= 4 is 59.1 Å². The summed E-state index contributed by atoms with van der Waals surface area (Å²) >= 11 is 0. The number of carbonyl (C=O) groups is 9. The predicted octanol–water partition coefficient (Wildman–Crippen LogP) is -2.02. The van der Waals surface area contributed by atoms with Crippen LogP contribution >= 0.6 is 0 Å². The van der Waals surface area contributed by atoms with Gasteiger partial charge in [0.05, 0.1) is 30.9 Å². The van der Waals surface area contributed by atoms with Crippen LogP contribution in [0.15, 0.2) is 42.9 Å². The number of Topliss-reactive ketones (excluding diaryl/α,β-unsaturated/α-hetero) is 1. The van der Waals surface area contributed by atoms with Crippen molar-refractivity contribution in [1.29, 1.82) is 5.41 Å². The van der Waals surface area contributed by atoms with Crippen LogP contribution in [0, 0.1) is 10.8 Å². The number of H-pyrrole nitrogens is 1. The number of carboxylic acids is 1. The summed E-state index contributed by atoms with van der Waals surface area (Å²) < 4.78 is 0. The van der Waals surface area contributed by atoms with Gasteiger partial charge in [0.15, 0.2) is 11.7 Å². The maximum atomic E-state index is 14.3. The van der Waals surface area contributed by atoms with Crippen molar-refractivity contribution in [3.05, 3.63) is 54.1 Å². The van der Waals surface area contributed by atoms with E-state index in [4.69, 9.17) is 28.3 Å². The number of ketones is 1. The fraction of sp³-hybridized carbons (Fsp3) is 0.578. The largest absolute Gasteiger partial charge is 0.481 e. The first-order valence-corrected chi connectivity index (χ1v) is 23.0. The minimum atomic E-state index is -1.71. The number of amides is 7. The Labute approximate surface area is 401 Å². The Balaban J connectivity index is 2.48. The molecule has 69 heavy (non-hydrogen) atoms. The van der Waals surface area contributed by atoms with Crippen molar-refractivity contribution < 1.29 is 48.3 Å². The summed E-state index contributed by atoms with van der Waals surface area (Å²) in [5.41, 5.74) is 22.2. The van der Waals surface area contributed by atoms with Gasteiger partial charge >= 0.3 is 5.97 Å². The Morgan fingerprint density at radius 3 is 1.71 bits per heavy atom. The number of hydrogen-bond donors (Lipinski definition) is 14. The van der Waals surface area contributed by atoms with Crippen LogP contribution in [0.3, 0.4) is 0 Å². The van der Waals surface area contributed by atoms with E-state index in [2.05, 4.69) is 47.2 Å². The van der Waals surface area contributed by atoms with Crippen LogP contribution in [-0.4, -0.2) is 130 Å². The normalized spacial score (nSPS) is 13.8. The van der Waals surface area contributed by atoms with E-state index in [1.54, 1.807) is 57.3 Å². The van der Waals surface area contributed by atoms with Crippen molar-refractivity contribution in [3.63, 3.8) is 0 Å². The third-order valence-electron chi connectivity index (χ3n) is 10.6. The lowest BCUT2D eigenvalue weighted by molar-refractivity contribution is -0.142. The van der Waals surface area contributed by atoms with E-state index >= 15 is 0 Å². The number of nitrogens with one attached hydrogen (secondary N) is 9. The number of nitrogens with zero attached hydrogens (tertiary/aromatic N) is 1. The summed E-state index contributed by atoms with van der Waals surface area (Å²) in [6.45, 7) is 5.50. The van der Waals surface area contributed by atoms with Crippen LogP contribution in [0.25, 0.3) is 0 Å². The molecule has 7 amide bonds. The highest BCUT2D eigenvalue weighted by atomic mass is 16.4. The maximum Gasteiger partial charge on any atom is 0.305 e. The highest BCUT2D eigenvalue weighted by molar-refractivity contribution is 5.99. The van der Waals surface area contributed by atoms with Crippen LogP contribution in [0.5, 0.6) is 0 Å². The third kappa shape index (κ3) is 23.1. The zero-order chi connectivity index (χ0) is 51.5. The van der Waals surface area contributed by atoms with E-state index in [9.17, 15) is 48.3 Å². The molecule has 1 aromatic heterocycles. The summed E-state index contributed by atoms with van der Waals surface area (Å²) in [7, 11) is 0. The Hall–Kier alpha value is -6.95. The van der Waals surface area contributed by atoms with Gasteiger partial charge in [0, 0.05) is 37.4 Å². The predicted molar refractivity (Wildman–Crippen MR) is 254 cm³/mol. The molecule has 0 aliphatic heterocycles.